The van der Waals surface area contributed by atoms with Gasteiger partial charge in [-0.25, -0.2) is 0 Å². The van der Waals surface area contributed by atoms with Crippen LogP contribution >= 0.6 is 0 Å². The van der Waals surface area contributed by atoms with Gasteiger partial charge in [0.15, 0.2) is 0 Å². The second kappa shape index (κ2) is 7.58. The van der Waals surface area contributed by atoms with E-state index in [0.29, 0.717) is 11.3 Å². The third-order valence-corrected chi connectivity index (χ3v) is 3.91. The Labute approximate surface area is 147 Å². The van der Waals surface area contributed by atoms with Crippen molar-refractivity contribution in [3.63, 3.8) is 0 Å². The first-order valence-corrected chi connectivity index (χ1v) is 8.58. The number of amidine groups is 1. The molecule has 0 radical (unpaired) electrons. The van der Waals surface area contributed by atoms with Gasteiger partial charge in [0.05, 0.1) is 10.6 Å². The molecule has 3 N–H and O–H groups in total. The van der Waals surface area contributed by atoms with E-state index >= 15 is 0 Å². The number of nitrogens with one attached hydrogen (secondary N) is 2. The van der Waals surface area contributed by atoms with Crippen molar-refractivity contribution in [1.29, 1.82) is 0 Å². The lowest BCUT2D eigenvalue weighted by Crippen LogP contribution is -2.02. The number of hydrogen-bond acceptors (Lipinski definition) is 8. The van der Waals surface area contributed by atoms with Gasteiger partial charge in [-0.3, -0.25) is 9.98 Å². The molecular weight excluding hydrogens is 360 g/mol. The van der Waals surface area contributed by atoms with Crippen LogP contribution in [-0.4, -0.2) is 39.4 Å². The van der Waals surface area contributed by atoms with E-state index in [1.807, 2.05) is 18.2 Å². The maximum Gasteiger partial charge on any atom is 0.307 e. The van der Waals surface area contributed by atoms with Crippen LogP contribution < -0.4 is 5.43 Å². The van der Waals surface area contributed by atoms with Gasteiger partial charge in [0.2, 0.25) is 5.84 Å². The van der Waals surface area contributed by atoms with Crippen molar-refractivity contribution in [2.75, 3.05) is 5.43 Å². The minimum atomic E-state index is -4.25. The zero-order valence-electron chi connectivity index (χ0n) is 13.1. The molecule has 0 aliphatic heterocycles. The second-order valence-corrected chi connectivity index (χ2v) is 6.25. The second-order valence-electron chi connectivity index (χ2n) is 4.82. The van der Waals surface area contributed by atoms with E-state index in [4.69, 9.17) is 4.55 Å². The van der Waals surface area contributed by atoms with Crippen molar-refractivity contribution in [1.82, 2.24) is 20.6 Å². The molecule has 0 unspecified atom stereocenters. The summed E-state index contributed by atoms with van der Waals surface area (Å²) in [7, 11) is -4.25. The average molecular weight is 372 g/mol. The Kier molecular flexibility index (Phi) is 5.05. The fourth-order valence-corrected chi connectivity index (χ4v) is 2.32. The number of nitrogens with zero attached hydrogens (tertiary/aromatic N) is 6. The first-order valence-electron chi connectivity index (χ1n) is 7.14. The average Bonchev–Trinajstić information content (AvgIpc) is 3.16. The van der Waals surface area contributed by atoms with Gasteiger partial charge in [-0.2, -0.15) is 18.7 Å². The molecule has 0 aliphatic carbocycles. The molecule has 0 amide bonds. The number of hydrazone groups is 1. The summed E-state index contributed by atoms with van der Waals surface area (Å²) in [6.07, 6.45) is 0. The molecule has 26 heavy (non-hydrogen) atoms. The van der Waals surface area contributed by atoms with Crippen LogP contribution in [0.3, 0.4) is 0 Å². The standard InChI is InChI=1S/C14H12N8O3S/c23-26(24,25)12-8-6-11(7-9-12)15-16-13(10-4-2-1-3-5-10)17-18-14-19-21-22-20-14/h1-9,15H,(H,23,24,25)(H,19,20,21,22)/b16-13+,18-17?. The summed E-state index contributed by atoms with van der Waals surface area (Å²) >= 11 is 0. The Hall–Kier alpha value is -3.51. The monoisotopic (exact) mass is 372 g/mol. The van der Waals surface area contributed by atoms with E-state index in [-0.39, 0.29) is 16.7 Å². The molecule has 2 aromatic carbocycles. The van der Waals surface area contributed by atoms with Crippen LogP contribution in [0.4, 0.5) is 11.6 Å². The Balaban J connectivity index is 1.84. The molecule has 11 nitrogen and oxygen atoms in total. The summed E-state index contributed by atoms with van der Waals surface area (Å²) in [5.41, 5.74) is 3.91. The van der Waals surface area contributed by atoms with Crippen LogP contribution in [0, 0.1) is 0 Å². The quantitative estimate of drug-likeness (QED) is 0.203. The highest BCUT2D eigenvalue weighted by Crippen LogP contribution is 2.14. The minimum Gasteiger partial charge on any atom is -0.282 e. The van der Waals surface area contributed by atoms with Gasteiger partial charge in [-0.1, -0.05) is 35.4 Å². The van der Waals surface area contributed by atoms with E-state index in [2.05, 4.69) is 41.4 Å². The number of H-pyrrole nitrogens is 1. The summed E-state index contributed by atoms with van der Waals surface area (Å²) < 4.78 is 31.1. The van der Waals surface area contributed by atoms with Crippen molar-refractivity contribution >= 4 is 27.6 Å². The number of azo groups is 1. The number of aromatic nitrogens is 4. The van der Waals surface area contributed by atoms with E-state index in [0.717, 1.165) is 0 Å². The first kappa shape index (κ1) is 17.3. The lowest BCUT2D eigenvalue weighted by atomic mass is 10.2. The summed E-state index contributed by atoms with van der Waals surface area (Å²) in [5, 5.41) is 25.0. The van der Waals surface area contributed by atoms with Crippen LogP contribution in [0.1, 0.15) is 5.56 Å². The molecule has 3 rings (SSSR count). The SMILES string of the molecule is O=S(=O)(O)c1ccc(N/N=C(/N=Nc2nn[nH]n2)c2ccccc2)cc1. The van der Waals surface area contributed by atoms with E-state index in [9.17, 15) is 8.42 Å². The lowest BCUT2D eigenvalue weighted by molar-refractivity contribution is 0.483. The summed E-state index contributed by atoms with van der Waals surface area (Å²) in [6.45, 7) is 0. The predicted molar refractivity (Wildman–Crippen MR) is 91.6 cm³/mol. The van der Waals surface area contributed by atoms with Crippen LogP contribution in [0.5, 0.6) is 0 Å². The largest absolute Gasteiger partial charge is 0.307 e. The molecule has 0 spiro atoms. The molecule has 0 saturated carbocycles. The van der Waals surface area contributed by atoms with Gasteiger partial charge in [0.25, 0.3) is 10.1 Å². The lowest BCUT2D eigenvalue weighted by Gasteiger charge is -2.04. The van der Waals surface area contributed by atoms with Gasteiger partial charge in [-0.15, -0.1) is 15.3 Å². The number of aromatic amines is 1. The Morgan fingerprint density at radius 3 is 2.42 bits per heavy atom. The molecule has 0 saturated heterocycles. The zero-order chi connectivity index (χ0) is 18.4. The maximum atomic E-state index is 11.1. The Morgan fingerprint density at radius 1 is 1.08 bits per heavy atom. The zero-order valence-corrected chi connectivity index (χ0v) is 13.9. The van der Waals surface area contributed by atoms with Crippen LogP contribution in [-0.2, 0) is 10.1 Å². The smallest absolute Gasteiger partial charge is 0.282 e. The van der Waals surface area contributed by atoms with Gasteiger partial charge < -0.3 is 0 Å². The molecule has 0 fully saturated rings. The normalized spacial score (nSPS) is 12.4. The van der Waals surface area contributed by atoms with E-state index in [1.54, 1.807) is 12.1 Å². The number of rotatable bonds is 5. The van der Waals surface area contributed by atoms with Crippen molar-refractivity contribution in [2.24, 2.45) is 15.3 Å². The third-order valence-electron chi connectivity index (χ3n) is 3.04. The van der Waals surface area contributed by atoms with Crippen LogP contribution in [0.25, 0.3) is 0 Å². The number of tetrazole rings is 1. The molecule has 1 heterocycles. The Bertz CT molecular complexity index is 1020. The topological polar surface area (TPSA) is 158 Å². The van der Waals surface area contributed by atoms with E-state index < -0.39 is 10.1 Å². The van der Waals surface area contributed by atoms with Crippen molar-refractivity contribution < 1.29 is 13.0 Å². The fraction of sp³-hybridized carbons (Fsp3) is 0. The van der Waals surface area contributed by atoms with E-state index in [1.165, 1.54) is 24.3 Å². The van der Waals surface area contributed by atoms with Crippen molar-refractivity contribution in [2.45, 2.75) is 4.90 Å². The van der Waals surface area contributed by atoms with Crippen LogP contribution in [0.15, 0.2) is 74.8 Å². The molecule has 12 heteroatoms. The number of anilines is 1. The minimum absolute atomic E-state index is 0.0473. The molecule has 0 aliphatic rings. The summed E-state index contributed by atoms with van der Waals surface area (Å²) in [5.74, 6) is 0.292. The third kappa shape index (κ3) is 4.52. The van der Waals surface area contributed by atoms with Gasteiger partial charge >= 0.3 is 5.95 Å². The number of benzene rings is 2. The van der Waals surface area contributed by atoms with Gasteiger partial charge in [0, 0.05) is 5.56 Å². The molecule has 0 bridgehead atoms. The van der Waals surface area contributed by atoms with Crippen molar-refractivity contribution in [3.8, 4) is 0 Å². The highest BCUT2D eigenvalue weighted by molar-refractivity contribution is 7.85. The molecule has 3 aromatic rings. The van der Waals surface area contributed by atoms with Gasteiger partial charge in [-0.05, 0) is 29.5 Å². The predicted octanol–water partition coefficient (Wildman–Crippen LogP) is 2.00. The van der Waals surface area contributed by atoms with Crippen molar-refractivity contribution in [3.05, 3.63) is 60.2 Å². The molecule has 0 atom stereocenters. The fourth-order valence-electron chi connectivity index (χ4n) is 1.84. The highest BCUT2D eigenvalue weighted by atomic mass is 32.2. The molecule has 1 aromatic heterocycles. The number of hydrogen-bond donors (Lipinski definition) is 3. The highest BCUT2D eigenvalue weighted by Gasteiger charge is 2.08. The maximum absolute atomic E-state index is 11.1. The Morgan fingerprint density at radius 2 is 1.81 bits per heavy atom. The van der Waals surface area contributed by atoms with Crippen LogP contribution in [0.2, 0.25) is 0 Å². The first-order chi connectivity index (χ1) is 12.5. The summed E-state index contributed by atoms with van der Waals surface area (Å²) in [4.78, 5) is -0.216. The molecule has 132 valence electrons. The molecular formula is C14H12N8O3S. The summed E-state index contributed by atoms with van der Waals surface area (Å²) in [6, 6.07) is 14.4. The van der Waals surface area contributed by atoms with Gasteiger partial charge in [0.1, 0.15) is 0 Å².